The summed E-state index contributed by atoms with van der Waals surface area (Å²) in [7, 11) is -2.03. The van der Waals surface area contributed by atoms with Gasteiger partial charge in [0.25, 0.3) is 0 Å². The zero-order valence-corrected chi connectivity index (χ0v) is 14.9. The maximum absolute atomic E-state index is 12.6. The summed E-state index contributed by atoms with van der Waals surface area (Å²) in [5, 5.41) is 8.80. The second-order valence-electron chi connectivity index (χ2n) is 6.38. The maximum Gasteiger partial charge on any atom is 0.241 e. The van der Waals surface area contributed by atoms with E-state index in [1.54, 1.807) is 38.3 Å². The number of methoxy groups -OCH3 is 1. The molecule has 1 aliphatic rings. The highest BCUT2D eigenvalue weighted by atomic mass is 32.2. The number of ether oxygens (including phenoxy) is 1. The lowest BCUT2D eigenvalue weighted by Crippen LogP contribution is -2.66. The van der Waals surface area contributed by atoms with Gasteiger partial charge in [-0.3, -0.25) is 0 Å². The van der Waals surface area contributed by atoms with Gasteiger partial charge in [0.05, 0.1) is 17.5 Å². The largest absolute Gasteiger partial charge is 0.497 e. The molecule has 1 N–H and O–H groups in total. The van der Waals surface area contributed by atoms with E-state index < -0.39 is 15.6 Å². The smallest absolute Gasteiger partial charge is 0.241 e. The zero-order valence-electron chi connectivity index (χ0n) is 14.1. The van der Waals surface area contributed by atoms with Crippen molar-refractivity contribution in [3.05, 3.63) is 48.5 Å². The van der Waals surface area contributed by atoms with Crippen molar-refractivity contribution in [3.8, 4) is 23.1 Å². The van der Waals surface area contributed by atoms with Gasteiger partial charge < -0.3 is 9.64 Å². The van der Waals surface area contributed by atoms with Crippen molar-refractivity contribution in [1.29, 1.82) is 5.26 Å². The number of nitrogens with one attached hydrogen (secondary N) is 1. The van der Waals surface area contributed by atoms with Crippen molar-refractivity contribution in [3.63, 3.8) is 0 Å². The van der Waals surface area contributed by atoms with Gasteiger partial charge in [0.2, 0.25) is 10.0 Å². The number of nitrogens with zero attached hydrogens (tertiary/aromatic N) is 2. The number of benzene rings is 2. The second-order valence-corrected chi connectivity index (χ2v) is 8.06. The van der Waals surface area contributed by atoms with E-state index in [-0.39, 0.29) is 4.90 Å². The third-order valence-electron chi connectivity index (χ3n) is 4.17. The van der Waals surface area contributed by atoms with E-state index in [9.17, 15) is 8.42 Å². The SMILES string of the molecule is COc1cccc(-c2ccc(S(=O)(=O)NC3(C)CN(C#N)C3)cc2)c1. The van der Waals surface area contributed by atoms with Crippen LogP contribution in [0, 0.1) is 11.5 Å². The van der Waals surface area contributed by atoms with E-state index in [1.807, 2.05) is 30.5 Å². The van der Waals surface area contributed by atoms with Crippen LogP contribution in [0.15, 0.2) is 53.4 Å². The fourth-order valence-corrected chi connectivity index (χ4v) is 4.33. The molecule has 3 rings (SSSR count). The van der Waals surface area contributed by atoms with Gasteiger partial charge in [0.1, 0.15) is 5.75 Å². The summed E-state index contributed by atoms with van der Waals surface area (Å²) in [6.45, 7) is 2.55. The van der Waals surface area contributed by atoms with Crippen LogP contribution >= 0.6 is 0 Å². The number of rotatable bonds is 5. The standard InChI is InChI=1S/C18H19N3O3S/c1-18(11-21(12-18)13-19)20-25(22,23)17-8-6-14(7-9-17)15-4-3-5-16(10-15)24-2/h3-10,20H,11-12H2,1-2H3. The first-order valence-corrected chi connectivity index (χ1v) is 9.27. The molecule has 0 unspecified atom stereocenters. The number of nitriles is 1. The predicted molar refractivity (Wildman–Crippen MR) is 94.3 cm³/mol. The zero-order chi connectivity index (χ0) is 18.1. The quantitative estimate of drug-likeness (QED) is 0.830. The molecular formula is C18H19N3O3S. The fourth-order valence-electron chi connectivity index (χ4n) is 2.94. The summed E-state index contributed by atoms with van der Waals surface area (Å²) in [6.07, 6.45) is 2.01. The Labute approximate surface area is 147 Å². The van der Waals surface area contributed by atoms with Crippen LogP contribution in [-0.2, 0) is 10.0 Å². The Hall–Kier alpha value is -2.56. The summed E-state index contributed by atoms with van der Waals surface area (Å²) in [5.41, 5.74) is 1.25. The molecule has 0 bridgehead atoms. The van der Waals surface area contributed by atoms with Crippen molar-refractivity contribution in [2.45, 2.75) is 17.4 Å². The molecule has 0 spiro atoms. The Morgan fingerprint density at radius 2 is 1.84 bits per heavy atom. The van der Waals surface area contributed by atoms with E-state index in [4.69, 9.17) is 10.00 Å². The van der Waals surface area contributed by atoms with Crippen molar-refractivity contribution in [2.24, 2.45) is 0 Å². The molecule has 130 valence electrons. The van der Waals surface area contributed by atoms with Gasteiger partial charge in [-0.15, -0.1) is 0 Å². The van der Waals surface area contributed by atoms with Crippen molar-refractivity contribution < 1.29 is 13.2 Å². The maximum atomic E-state index is 12.6. The summed E-state index contributed by atoms with van der Waals surface area (Å²) >= 11 is 0. The predicted octanol–water partition coefficient (Wildman–Crippen LogP) is 2.20. The average Bonchev–Trinajstić information content (AvgIpc) is 2.59. The Morgan fingerprint density at radius 3 is 2.44 bits per heavy atom. The molecule has 0 amide bonds. The first-order chi connectivity index (χ1) is 11.8. The van der Waals surface area contributed by atoms with E-state index in [1.165, 1.54) is 4.90 Å². The molecule has 7 heteroatoms. The third-order valence-corrected chi connectivity index (χ3v) is 5.82. The minimum Gasteiger partial charge on any atom is -0.497 e. The molecule has 0 atom stereocenters. The highest BCUT2D eigenvalue weighted by molar-refractivity contribution is 7.89. The monoisotopic (exact) mass is 357 g/mol. The van der Waals surface area contributed by atoms with Gasteiger partial charge in [0, 0.05) is 13.1 Å². The number of hydrogen-bond donors (Lipinski definition) is 1. The first kappa shape index (κ1) is 17.3. The highest BCUT2D eigenvalue weighted by Gasteiger charge is 2.41. The van der Waals surface area contributed by atoms with Crippen LogP contribution in [0.1, 0.15) is 6.92 Å². The van der Waals surface area contributed by atoms with Gasteiger partial charge in [-0.1, -0.05) is 24.3 Å². The molecule has 0 aromatic heterocycles. The lowest BCUT2D eigenvalue weighted by atomic mass is 9.95. The molecule has 1 heterocycles. The minimum absolute atomic E-state index is 0.204. The van der Waals surface area contributed by atoms with Crippen LogP contribution in [0.3, 0.4) is 0 Å². The summed E-state index contributed by atoms with van der Waals surface area (Å²) in [6, 6.07) is 14.3. The lowest BCUT2D eigenvalue weighted by molar-refractivity contribution is 0.132. The molecule has 1 aliphatic heterocycles. The highest BCUT2D eigenvalue weighted by Crippen LogP contribution is 2.26. The van der Waals surface area contributed by atoms with Gasteiger partial charge in [-0.05, 0) is 42.3 Å². The van der Waals surface area contributed by atoms with Crippen molar-refractivity contribution in [2.75, 3.05) is 20.2 Å². The van der Waals surface area contributed by atoms with Gasteiger partial charge in [-0.2, -0.15) is 5.26 Å². The molecule has 2 aromatic carbocycles. The van der Waals surface area contributed by atoms with Crippen LogP contribution < -0.4 is 9.46 Å². The van der Waals surface area contributed by atoms with Crippen LogP contribution in [0.25, 0.3) is 11.1 Å². The lowest BCUT2D eigenvalue weighted by Gasteiger charge is -2.44. The molecule has 1 saturated heterocycles. The molecule has 25 heavy (non-hydrogen) atoms. The molecule has 2 aromatic rings. The van der Waals surface area contributed by atoms with E-state index in [0.717, 1.165) is 16.9 Å². The Morgan fingerprint density at radius 1 is 1.16 bits per heavy atom. The molecule has 1 fully saturated rings. The number of sulfonamides is 1. The van der Waals surface area contributed by atoms with Gasteiger partial charge >= 0.3 is 0 Å². The summed E-state index contributed by atoms with van der Waals surface area (Å²) in [4.78, 5) is 1.71. The van der Waals surface area contributed by atoms with Crippen molar-refractivity contribution in [1.82, 2.24) is 9.62 Å². The van der Waals surface area contributed by atoms with Crippen LogP contribution in [0.2, 0.25) is 0 Å². The van der Waals surface area contributed by atoms with E-state index in [2.05, 4.69) is 4.72 Å². The van der Waals surface area contributed by atoms with Gasteiger partial charge in [0.15, 0.2) is 6.19 Å². The number of likely N-dealkylation sites (tertiary alicyclic amines) is 1. The molecular weight excluding hydrogens is 338 g/mol. The molecule has 0 saturated carbocycles. The van der Waals surface area contributed by atoms with E-state index >= 15 is 0 Å². The molecule has 6 nitrogen and oxygen atoms in total. The topological polar surface area (TPSA) is 82.4 Å². The normalized spacial score (nSPS) is 16.0. The Kier molecular flexibility index (Phi) is 4.41. The van der Waals surface area contributed by atoms with E-state index in [0.29, 0.717) is 13.1 Å². The van der Waals surface area contributed by atoms with Crippen LogP contribution in [0.4, 0.5) is 0 Å². The van der Waals surface area contributed by atoms with Gasteiger partial charge in [-0.25, -0.2) is 13.1 Å². The van der Waals surface area contributed by atoms with Crippen LogP contribution in [-0.4, -0.2) is 39.1 Å². The first-order valence-electron chi connectivity index (χ1n) is 7.78. The van der Waals surface area contributed by atoms with Crippen molar-refractivity contribution >= 4 is 10.0 Å². The summed E-state index contributed by atoms with van der Waals surface area (Å²) in [5.74, 6) is 0.746. The average molecular weight is 357 g/mol. The number of hydrogen-bond acceptors (Lipinski definition) is 5. The Bertz CT molecular complexity index is 911. The Balaban J connectivity index is 1.78. The fraction of sp³-hybridized carbons (Fsp3) is 0.278. The summed E-state index contributed by atoms with van der Waals surface area (Å²) < 4.78 is 33.0. The molecule has 0 radical (unpaired) electrons. The third kappa shape index (κ3) is 3.60. The minimum atomic E-state index is -3.63. The van der Waals surface area contributed by atoms with Crippen LogP contribution in [0.5, 0.6) is 5.75 Å². The molecule has 0 aliphatic carbocycles. The second kappa shape index (κ2) is 6.39.